The van der Waals surface area contributed by atoms with E-state index in [1.54, 1.807) is 0 Å². The molecule has 10 heteroatoms. The summed E-state index contributed by atoms with van der Waals surface area (Å²) in [6.07, 6.45) is 2.18. The van der Waals surface area contributed by atoms with Crippen LogP contribution in [0.2, 0.25) is 0 Å². The second-order valence-electron chi connectivity index (χ2n) is 9.63. The summed E-state index contributed by atoms with van der Waals surface area (Å²) in [4.78, 5) is 43.5. The summed E-state index contributed by atoms with van der Waals surface area (Å²) >= 11 is 0. The molecule has 0 unspecified atom stereocenters. The van der Waals surface area contributed by atoms with Crippen LogP contribution in [0.25, 0.3) is 11.1 Å². The summed E-state index contributed by atoms with van der Waals surface area (Å²) < 4.78 is 15.1. The Balaban J connectivity index is 1.61. The molecule has 0 aliphatic carbocycles. The zero-order chi connectivity index (χ0) is 25.6. The maximum absolute atomic E-state index is 15.1. The number of nitrogens with zero attached hydrogens (tertiary/aromatic N) is 1. The molecule has 4 heterocycles. The van der Waals surface area contributed by atoms with Gasteiger partial charge in [0.05, 0.1) is 22.5 Å². The maximum atomic E-state index is 15.1. The number of halogens is 1. The first kappa shape index (κ1) is 24.2. The molecule has 9 nitrogen and oxygen atoms in total. The quantitative estimate of drug-likeness (QED) is 0.394. The van der Waals surface area contributed by atoms with Gasteiger partial charge in [-0.1, -0.05) is 0 Å². The molecule has 5 N–H and O–H groups in total. The second-order valence-corrected chi connectivity index (χ2v) is 9.63. The van der Waals surface area contributed by atoms with Crippen LogP contribution in [0, 0.1) is 12.7 Å². The molecule has 1 aromatic carbocycles. The van der Waals surface area contributed by atoms with E-state index in [0.29, 0.717) is 41.8 Å². The van der Waals surface area contributed by atoms with Crippen molar-refractivity contribution in [3.8, 4) is 0 Å². The molecule has 1 aromatic heterocycles. The highest BCUT2D eigenvalue weighted by Gasteiger charge is 2.33. The molecule has 0 bridgehead atoms. The van der Waals surface area contributed by atoms with Crippen molar-refractivity contribution in [2.24, 2.45) is 0 Å². The molecule has 3 amide bonds. The van der Waals surface area contributed by atoms with E-state index in [2.05, 4.69) is 25.8 Å². The molecule has 0 radical (unpaired) electrons. The molecule has 2 aromatic rings. The van der Waals surface area contributed by atoms with E-state index in [0.717, 1.165) is 55.0 Å². The highest BCUT2D eigenvalue weighted by atomic mass is 19.1. The SMILES string of the molecule is Cc1c(C(CCN2CCCC2)=C2C(=O)Nc3cc(NC(=O)[C@H](C)O)c(F)cc32)[nH]c2c1C(=O)NCC2. The van der Waals surface area contributed by atoms with Crippen LogP contribution in [0.1, 0.15) is 59.1 Å². The lowest BCUT2D eigenvalue weighted by molar-refractivity contribution is -0.123. The largest absolute Gasteiger partial charge is 0.384 e. The first-order valence-electron chi connectivity index (χ1n) is 12.3. The van der Waals surface area contributed by atoms with Crippen molar-refractivity contribution in [2.75, 3.05) is 36.8 Å². The first-order valence-corrected chi connectivity index (χ1v) is 12.3. The predicted molar refractivity (Wildman–Crippen MR) is 134 cm³/mol. The molecular formula is C26H30FN5O4. The van der Waals surface area contributed by atoms with Crippen molar-refractivity contribution in [1.29, 1.82) is 0 Å². The van der Waals surface area contributed by atoms with Crippen LogP contribution in [0.15, 0.2) is 12.1 Å². The standard InChI is InChI=1S/C26H30FN5O4/c1-13-21-18(5-7-28-25(21)35)29-23(13)15(6-10-32-8-3-4-9-32)22-16-11-17(27)20(31-24(34)14(2)33)12-19(16)30-26(22)36/h11-12,14,29,33H,3-10H2,1-2H3,(H,28,35)(H,30,36)(H,31,34)/t14-/m0/s1. The Hall–Kier alpha value is -3.50. The minimum atomic E-state index is -1.31. The van der Waals surface area contributed by atoms with Crippen LogP contribution in [0.3, 0.4) is 0 Å². The summed E-state index contributed by atoms with van der Waals surface area (Å²) in [7, 11) is 0. The van der Waals surface area contributed by atoms with Gasteiger partial charge in [0.1, 0.15) is 11.9 Å². The Morgan fingerprint density at radius 1 is 1.22 bits per heavy atom. The van der Waals surface area contributed by atoms with Crippen molar-refractivity contribution < 1.29 is 23.9 Å². The molecule has 1 saturated heterocycles. The third kappa shape index (κ3) is 4.31. The summed E-state index contributed by atoms with van der Waals surface area (Å²) in [5, 5.41) is 17.5. The molecule has 3 aliphatic heterocycles. The number of H-pyrrole nitrogens is 1. The predicted octanol–water partition coefficient (Wildman–Crippen LogP) is 2.42. The lowest BCUT2D eigenvalue weighted by atomic mass is 9.93. The number of aromatic amines is 1. The number of fused-ring (bicyclic) bond motifs is 2. The normalized spacial score (nSPS) is 19.4. The summed E-state index contributed by atoms with van der Waals surface area (Å²) in [5.41, 5.74) is 4.69. The molecule has 0 spiro atoms. The Bertz CT molecular complexity index is 1290. The number of amides is 3. The molecule has 190 valence electrons. The molecular weight excluding hydrogens is 465 g/mol. The van der Waals surface area contributed by atoms with Crippen molar-refractivity contribution in [2.45, 2.75) is 45.6 Å². The van der Waals surface area contributed by atoms with Gasteiger partial charge >= 0.3 is 0 Å². The van der Waals surface area contributed by atoms with Crippen LogP contribution in [-0.2, 0) is 16.0 Å². The van der Waals surface area contributed by atoms with E-state index in [1.165, 1.54) is 19.1 Å². The van der Waals surface area contributed by atoms with Crippen molar-refractivity contribution >= 4 is 40.2 Å². The third-order valence-electron chi connectivity index (χ3n) is 7.18. The minimum Gasteiger partial charge on any atom is -0.384 e. The van der Waals surface area contributed by atoms with E-state index < -0.39 is 17.8 Å². The monoisotopic (exact) mass is 495 g/mol. The fraction of sp³-hybridized carbons (Fsp3) is 0.423. The zero-order valence-corrected chi connectivity index (χ0v) is 20.4. The molecule has 3 aliphatic rings. The number of nitrogens with one attached hydrogen (secondary N) is 4. The van der Waals surface area contributed by atoms with Gasteiger partial charge in [0.2, 0.25) is 0 Å². The summed E-state index contributed by atoms with van der Waals surface area (Å²) in [6.45, 7) is 6.43. The van der Waals surface area contributed by atoms with Gasteiger partial charge in [-0.25, -0.2) is 4.39 Å². The lowest BCUT2D eigenvalue weighted by Gasteiger charge is -2.18. The summed E-state index contributed by atoms with van der Waals surface area (Å²) in [6, 6.07) is 2.61. The van der Waals surface area contributed by atoms with Crippen molar-refractivity contribution in [3.05, 3.63) is 46.0 Å². The Kier molecular flexibility index (Phi) is 6.40. The van der Waals surface area contributed by atoms with Gasteiger partial charge in [0.25, 0.3) is 17.7 Å². The van der Waals surface area contributed by atoms with Gasteiger partial charge in [0, 0.05) is 36.5 Å². The highest BCUT2D eigenvalue weighted by Crippen LogP contribution is 2.42. The van der Waals surface area contributed by atoms with Crippen LogP contribution in [0.5, 0.6) is 0 Å². The Morgan fingerprint density at radius 2 is 1.97 bits per heavy atom. The number of aliphatic hydroxyl groups is 1. The second kappa shape index (κ2) is 9.51. The third-order valence-corrected chi connectivity index (χ3v) is 7.18. The number of aliphatic hydroxyl groups excluding tert-OH is 1. The number of hydrogen-bond acceptors (Lipinski definition) is 5. The number of anilines is 2. The van der Waals surface area contributed by atoms with Gasteiger partial charge in [-0.05, 0) is 69.5 Å². The molecule has 0 saturated carbocycles. The van der Waals surface area contributed by atoms with Crippen LogP contribution < -0.4 is 16.0 Å². The molecule has 1 atom stereocenters. The van der Waals surface area contributed by atoms with E-state index in [4.69, 9.17) is 0 Å². The van der Waals surface area contributed by atoms with Crippen molar-refractivity contribution in [3.63, 3.8) is 0 Å². The summed E-state index contributed by atoms with van der Waals surface area (Å²) in [5.74, 6) is -1.96. The zero-order valence-electron chi connectivity index (χ0n) is 20.4. The van der Waals surface area contributed by atoms with E-state index in [9.17, 15) is 19.5 Å². The molecule has 5 rings (SSSR count). The minimum absolute atomic E-state index is 0.122. The average Bonchev–Trinajstić information content (AvgIpc) is 3.54. The van der Waals surface area contributed by atoms with E-state index >= 15 is 4.39 Å². The number of rotatable bonds is 6. The van der Waals surface area contributed by atoms with Crippen LogP contribution >= 0.6 is 0 Å². The van der Waals surface area contributed by atoms with Gasteiger partial charge in [0.15, 0.2) is 0 Å². The number of aromatic nitrogens is 1. The topological polar surface area (TPSA) is 127 Å². The van der Waals surface area contributed by atoms with E-state index in [-0.39, 0.29) is 17.5 Å². The fourth-order valence-electron chi connectivity index (χ4n) is 5.32. The number of hydrogen-bond donors (Lipinski definition) is 5. The van der Waals surface area contributed by atoms with Gasteiger partial charge in [-0.3, -0.25) is 14.4 Å². The molecule has 36 heavy (non-hydrogen) atoms. The molecule has 1 fully saturated rings. The smallest absolute Gasteiger partial charge is 0.256 e. The number of carbonyl (C=O) groups is 3. The lowest BCUT2D eigenvalue weighted by Crippen LogP contribution is -2.31. The van der Waals surface area contributed by atoms with Gasteiger partial charge < -0.3 is 30.9 Å². The van der Waals surface area contributed by atoms with Crippen LogP contribution in [0.4, 0.5) is 15.8 Å². The average molecular weight is 496 g/mol. The number of likely N-dealkylation sites (tertiary alicyclic amines) is 1. The van der Waals surface area contributed by atoms with Crippen molar-refractivity contribution in [1.82, 2.24) is 15.2 Å². The first-order chi connectivity index (χ1) is 17.2. The Morgan fingerprint density at radius 3 is 2.67 bits per heavy atom. The Labute approximate surface area is 208 Å². The number of carbonyl (C=O) groups excluding carboxylic acids is 3. The maximum Gasteiger partial charge on any atom is 0.256 e. The van der Waals surface area contributed by atoms with Crippen LogP contribution in [-0.4, -0.2) is 65.0 Å². The fourth-order valence-corrected chi connectivity index (χ4v) is 5.32. The van der Waals surface area contributed by atoms with Gasteiger partial charge in [-0.2, -0.15) is 0 Å². The highest BCUT2D eigenvalue weighted by molar-refractivity contribution is 6.37. The van der Waals surface area contributed by atoms with Gasteiger partial charge in [-0.15, -0.1) is 0 Å². The van der Waals surface area contributed by atoms with E-state index in [1.807, 2.05) is 6.92 Å². The number of benzene rings is 1.